The molecule has 0 aliphatic carbocycles. The van der Waals surface area contributed by atoms with Gasteiger partial charge >= 0.3 is 11.6 Å². The molecular weight excluding hydrogens is 448 g/mol. The van der Waals surface area contributed by atoms with Gasteiger partial charge in [0.15, 0.2) is 11.3 Å². The van der Waals surface area contributed by atoms with Crippen LogP contribution in [0.4, 0.5) is 0 Å². The first-order chi connectivity index (χ1) is 17.0. The fourth-order valence-electron chi connectivity index (χ4n) is 4.17. The van der Waals surface area contributed by atoms with Crippen molar-refractivity contribution in [2.75, 3.05) is 7.11 Å². The second kappa shape index (κ2) is 7.92. The fourth-order valence-corrected chi connectivity index (χ4v) is 4.17. The van der Waals surface area contributed by atoms with E-state index in [-0.39, 0.29) is 5.76 Å². The third-order valence-electron chi connectivity index (χ3n) is 5.86. The molecule has 0 saturated heterocycles. The molecule has 172 valence electrons. The van der Waals surface area contributed by atoms with Crippen molar-refractivity contribution in [3.05, 3.63) is 94.5 Å². The summed E-state index contributed by atoms with van der Waals surface area (Å²) in [5, 5.41) is 2.20. The second-order valence-corrected chi connectivity index (χ2v) is 8.12. The van der Waals surface area contributed by atoms with Crippen LogP contribution in [0, 0.1) is 6.92 Å². The fraction of sp³-hybridized carbons (Fsp3) is 0.0714. The summed E-state index contributed by atoms with van der Waals surface area (Å²) in [6, 6.07) is 21.1. The molecule has 7 heteroatoms. The number of rotatable bonds is 4. The van der Waals surface area contributed by atoms with Crippen LogP contribution in [0.15, 0.2) is 90.8 Å². The van der Waals surface area contributed by atoms with Crippen LogP contribution in [-0.2, 0) is 0 Å². The number of benzene rings is 3. The number of carbonyl (C=O) groups is 1. The van der Waals surface area contributed by atoms with Gasteiger partial charge in [-0.05, 0) is 48.9 Å². The lowest BCUT2D eigenvalue weighted by molar-refractivity contribution is 0.0702. The van der Waals surface area contributed by atoms with Gasteiger partial charge in [-0.25, -0.2) is 9.59 Å². The highest BCUT2D eigenvalue weighted by Gasteiger charge is 2.20. The van der Waals surface area contributed by atoms with Gasteiger partial charge in [0.1, 0.15) is 22.7 Å². The monoisotopic (exact) mass is 466 g/mol. The maximum absolute atomic E-state index is 12.9. The molecule has 3 aromatic heterocycles. The van der Waals surface area contributed by atoms with Crippen molar-refractivity contribution in [2.24, 2.45) is 0 Å². The molecule has 6 aromatic rings. The zero-order chi connectivity index (χ0) is 24.1. The molecule has 0 atom stereocenters. The van der Waals surface area contributed by atoms with Crippen molar-refractivity contribution in [2.45, 2.75) is 6.92 Å². The van der Waals surface area contributed by atoms with E-state index in [9.17, 15) is 9.59 Å². The second-order valence-electron chi connectivity index (χ2n) is 8.12. The molecule has 6 rings (SSSR count). The van der Waals surface area contributed by atoms with E-state index in [1.54, 1.807) is 31.2 Å². The predicted octanol–water partition coefficient (Wildman–Crippen LogP) is 6.49. The molecule has 0 amide bonds. The van der Waals surface area contributed by atoms with Crippen molar-refractivity contribution in [3.8, 4) is 22.8 Å². The van der Waals surface area contributed by atoms with Crippen molar-refractivity contribution < 1.29 is 27.5 Å². The molecular formula is C28H18O7. The molecule has 0 saturated carbocycles. The Balaban J connectivity index is 1.43. The highest BCUT2D eigenvalue weighted by Crippen LogP contribution is 2.36. The van der Waals surface area contributed by atoms with Gasteiger partial charge in [-0.3, -0.25) is 0 Å². The summed E-state index contributed by atoms with van der Waals surface area (Å²) in [6.45, 7) is 1.76. The number of hydrogen-bond acceptors (Lipinski definition) is 7. The Morgan fingerprint density at radius 2 is 1.63 bits per heavy atom. The van der Waals surface area contributed by atoms with Crippen LogP contribution in [0.1, 0.15) is 16.1 Å². The number of ether oxygens (including phenoxy) is 2. The van der Waals surface area contributed by atoms with Crippen LogP contribution in [0.3, 0.4) is 0 Å². The van der Waals surface area contributed by atoms with Gasteiger partial charge in [0.25, 0.3) is 0 Å². The zero-order valence-corrected chi connectivity index (χ0v) is 18.8. The third kappa shape index (κ3) is 3.54. The summed E-state index contributed by atoms with van der Waals surface area (Å²) in [7, 11) is 1.53. The normalized spacial score (nSPS) is 11.4. The summed E-state index contributed by atoms with van der Waals surface area (Å²) >= 11 is 0. The SMILES string of the molecule is COc1cccc2cc(C(=O)Oc3cc4c(-c5cc6ccccc6o5)cc(=O)oc4cc3C)oc12. The summed E-state index contributed by atoms with van der Waals surface area (Å²) < 4.78 is 28.1. The van der Waals surface area contributed by atoms with E-state index in [1.807, 2.05) is 42.5 Å². The lowest BCUT2D eigenvalue weighted by atomic mass is 10.0. The first-order valence-corrected chi connectivity index (χ1v) is 10.9. The molecule has 0 fully saturated rings. The van der Waals surface area contributed by atoms with Crippen LogP contribution in [-0.4, -0.2) is 13.1 Å². The number of methoxy groups -OCH3 is 1. The van der Waals surface area contributed by atoms with E-state index >= 15 is 0 Å². The number of furan rings is 2. The number of hydrogen-bond donors (Lipinski definition) is 0. The standard InChI is InChI=1S/C28H18O7/c1-15-10-23-18(19(14-26(29)33-23)24-11-16-6-3-4-8-20(16)32-24)13-22(15)35-28(30)25-12-17-7-5-9-21(31-2)27(17)34-25/h3-14H,1-2H3. The molecule has 3 heterocycles. The van der Waals surface area contributed by atoms with E-state index < -0.39 is 11.6 Å². The van der Waals surface area contributed by atoms with Crippen LogP contribution in [0.2, 0.25) is 0 Å². The summed E-state index contributed by atoms with van der Waals surface area (Å²) in [5.74, 6) is 0.721. The van der Waals surface area contributed by atoms with Gasteiger partial charge in [0, 0.05) is 27.8 Å². The first-order valence-electron chi connectivity index (χ1n) is 10.9. The molecule has 0 N–H and O–H groups in total. The predicted molar refractivity (Wildman–Crippen MR) is 130 cm³/mol. The van der Waals surface area contributed by atoms with Crippen molar-refractivity contribution in [1.82, 2.24) is 0 Å². The summed E-state index contributed by atoms with van der Waals surface area (Å²) in [6.07, 6.45) is 0. The topological polar surface area (TPSA) is 92.0 Å². The van der Waals surface area contributed by atoms with Gasteiger partial charge in [-0.15, -0.1) is 0 Å². The first kappa shape index (κ1) is 20.8. The summed E-state index contributed by atoms with van der Waals surface area (Å²) in [5.41, 5.74) is 2.17. The molecule has 0 radical (unpaired) electrons. The maximum Gasteiger partial charge on any atom is 0.379 e. The molecule has 0 bridgehead atoms. The minimum Gasteiger partial charge on any atom is -0.493 e. The maximum atomic E-state index is 12.9. The van der Waals surface area contributed by atoms with Gasteiger partial charge in [0.05, 0.1) is 7.11 Å². The van der Waals surface area contributed by atoms with Crippen LogP contribution in [0.25, 0.3) is 44.2 Å². The minimum absolute atomic E-state index is 0.0427. The van der Waals surface area contributed by atoms with E-state index in [2.05, 4.69) is 0 Å². The number of para-hydroxylation sites is 2. The highest BCUT2D eigenvalue weighted by molar-refractivity contribution is 5.98. The number of aryl methyl sites for hydroxylation is 1. The molecule has 0 unspecified atom stereocenters. The van der Waals surface area contributed by atoms with Gasteiger partial charge in [0.2, 0.25) is 5.76 Å². The zero-order valence-electron chi connectivity index (χ0n) is 18.8. The van der Waals surface area contributed by atoms with Crippen molar-refractivity contribution in [3.63, 3.8) is 0 Å². The lowest BCUT2D eigenvalue weighted by Crippen LogP contribution is -2.08. The molecule has 0 spiro atoms. The van der Waals surface area contributed by atoms with E-state index in [4.69, 9.17) is 22.7 Å². The smallest absolute Gasteiger partial charge is 0.379 e. The average Bonchev–Trinajstić information content (AvgIpc) is 3.48. The van der Waals surface area contributed by atoms with Crippen LogP contribution >= 0.6 is 0 Å². The molecule has 3 aromatic carbocycles. The highest BCUT2D eigenvalue weighted by atomic mass is 16.5. The summed E-state index contributed by atoms with van der Waals surface area (Å²) in [4.78, 5) is 25.2. The quantitative estimate of drug-likeness (QED) is 0.167. The molecule has 7 nitrogen and oxygen atoms in total. The lowest BCUT2D eigenvalue weighted by Gasteiger charge is -2.09. The largest absolute Gasteiger partial charge is 0.493 e. The van der Waals surface area contributed by atoms with Gasteiger partial charge < -0.3 is 22.7 Å². The van der Waals surface area contributed by atoms with E-state index in [1.165, 1.54) is 13.2 Å². The molecule has 0 aliphatic rings. The average molecular weight is 466 g/mol. The van der Waals surface area contributed by atoms with Crippen LogP contribution < -0.4 is 15.1 Å². The number of esters is 1. The minimum atomic E-state index is -0.659. The third-order valence-corrected chi connectivity index (χ3v) is 5.86. The van der Waals surface area contributed by atoms with Crippen molar-refractivity contribution >= 4 is 38.9 Å². The Kier molecular flexibility index (Phi) is 4.70. The Bertz CT molecular complexity index is 1780. The van der Waals surface area contributed by atoms with Crippen LogP contribution in [0.5, 0.6) is 11.5 Å². The van der Waals surface area contributed by atoms with Gasteiger partial charge in [-0.1, -0.05) is 30.3 Å². The van der Waals surface area contributed by atoms with E-state index in [0.717, 1.165) is 10.8 Å². The van der Waals surface area contributed by atoms with Crippen molar-refractivity contribution in [1.29, 1.82) is 0 Å². The molecule has 0 aliphatic heterocycles. The Morgan fingerprint density at radius 3 is 2.46 bits per heavy atom. The van der Waals surface area contributed by atoms with Gasteiger partial charge in [-0.2, -0.15) is 0 Å². The Labute approximate surface area is 198 Å². The van der Waals surface area contributed by atoms with E-state index in [0.29, 0.717) is 50.5 Å². The molecule has 35 heavy (non-hydrogen) atoms. The number of carbonyl (C=O) groups excluding carboxylic acids is 1. The Hall–Kier alpha value is -4.78. The Morgan fingerprint density at radius 1 is 0.800 bits per heavy atom. The number of fused-ring (bicyclic) bond motifs is 3.